The number of rotatable bonds is 5. The van der Waals surface area contributed by atoms with Gasteiger partial charge < -0.3 is 10.1 Å². The maximum atomic E-state index is 11.9. The summed E-state index contributed by atoms with van der Waals surface area (Å²) in [6.07, 6.45) is 0.786. The normalized spacial score (nSPS) is 18.2. The minimum Gasteiger partial charge on any atom is -0.488 e. The van der Waals surface area contributed by atoms with Gasteiger partial charge in [-0.3, -0.25) is 0 Å². The van der Waals surface area contributed by atoms with E-state index in [0.717, 1.165) is 22.2 Å². The molecule has 0 fully saturated rings. The molecule has 0 saturated heterocycles. The van der Waals surface area contributed by atoms with Crippen molar-refractivity contribution in [2.45, 2.75) is 18.0 Å². The van der Waals surface area contributed by atoms with Crippen molar-refractivity contribution >= 4 is 27.7 Å². The SMILES string of the molecule is FC(F)(F)SCCNCC1Cc2cc(Br)ccc2O1. The molecule has 1 aliphatic rings. The molecule has 7 heteroatoms. The summed E-state index contributed by atoms with van der Waals surface area (Å²) in [6.45, 7) is 0.884. The van der Waals surface area contributed by atoms with Crippen LogP contribution in [0, 0.1) is 0 Å². The lowest BCUT2D eigenvalue weighted by Gasteiger charge is -2.12. The van der Waals surface area contributed by atoms with Gasteiger partial charge in [0.05, 0.1) is 0 Å². The third-order valence-electron chi connectivity index (χ3n) is 2.68. The monoisotopic (exact) mass is 355 g/mol. The molecule has 1 aliphatic heterocycles. The average molecular weight is 356 g/mol. The van der Waals surface area contributed by atoms with E-state index >= 15 is 0 Å². The number of alkyl halides is 3. The lowest BCUT2D eigenvalue weighted by atomic mass is 10.1. The zero-order valence-electron chi connectivity index (χ0n) is 9.97. The van der Waals surface area contributed by atoms with Crippen LogP contribution in [-0.2, 0) is 6.42 Å². The summed E-state index contributed by atoms with van der Waals surface area (Å²) in [6, 6.07) is 5.82. The molecular weight excluding hydrogens is 343 g/mol. The fraction of sp³-hybridized carbons (Fsp3) is 0.500. The van der Waals surface area contributed by atoms with Crippen molar-refractivity contribution in [1.82, 2.24) is 5.32 Å². The maximum absolute atomic E-state index is 11.9. The van der Waals surface area contributed by atoms with Crippen LogP contribution in [0.15, 0.2) is 22.7 Å². The molecule has 1 unspecified atom stereocenters. The van der Waals surface area contributed by atoms with Gasteiger partial charge in [-0.15, -0.1) is 0 Å². The predicted molar refractivity (Wildman–Crippen MR) is 73.6 cm³/mol. The van der Waals surface area contributed by atoms with Gasteiger partial charge in [-0.25, -0.2) is 0 Å². The van der Waals surface area contributed by atoms with Crippen LogP contribution in [0.3, 0.4) is 0 Å². The average Bonchev–Trinajstić information content (AvgIpc) is 2.68. The number of halogens is 4. The number of benzene rings is 1. The predicted octanol–water partition coefficient (Wildman–Crippen LogP) is 3.60. The zero-order chi connectivity index (χ0) is 13.9. The minimum atomic E-state index is -4.14. The molecule has 2 nitrogen and oxygen atoms in total. The highest BCUT2D eigenvalue weighted by atomic mass is 79.9. The number of hydrogen-bond acceptors (Lipinski definition) is 3. The molecule has 2 rings (SSSR count). The Balaban J connectivity index is 1.67. The maximum Gasteiger partial charge on any atom is 0.441 e. The molecule has 0 aliphatic carbocycles. The summed E-state index contributed by atoms with van der Waals surface area (Å²) in [4.78, 5) is 0. The fourth-order valence-electron chi connectivity index (χ4n) is 1.90. The van der Waals surface area contributed by atoms with Crippen molar-refractivity contribution < 1.29 is 17.9 Å². The zero-order valence-corrected chi connectivity index (χ0v) is 12.4. The van der Waals surface area contributed by atoms with Crippen molar-refractivity contribution in [1.29, 1.82) is 0 Å². The summed E-state index contributed by atoms with van der Waals surface area (Å²) < 4.78 is 42.4. The lowest BCUT2D eigenvalue weighted by molar-refractivity contribution is -0.0327. The molecule has 0 radical (unpaired) electrons. The van der Waals surface area contributed by atoms with E-state index in [1.54, 1.807) is 0 Å². The van der Waals surface area contributed by atoms with Gasteiger partial charge in [0.1, 0.15) is 11.9 Å². The summed E-state index contributed by atoms with van der Waals surface area (Å²) >= 11 is 3.39. The van der Waals surface area contributed by atoms with E-state index in [9.17, 15) is 13.2 Å². The number of nitrogens with one attached hydrogen (secondary N) is 1. The fourth-order valence-corrected chi connectivity index (χ4v) is 2.79. The summed E-state index contributed by atoms with van der Waals surface area (Å²) in [5, 5.41) is 2.99. The number of ether oxygens (including phenoxy) is 1. The van der Waals surface area contributed by atoms with E-state index in [4.69, 9.17) is 4.74 Å². The Morgan fingerprint density at radius 2 is 2.21 bits per heavy atom. The Hall–Kier alpha value is -0.400. The third kappa shape index (κ3) is 4.89. The van der Waals surface area contributed by atoms with Crippen LogP contribution < -0.4 is 10.1 Å². The largest absolute Gasteiger partial charge is 0.488 e. The second kappa shape index (κ2) is 6.37. The second-order valence-corrected chi connectivity index (χ2v) is 6.27. The first kappa shape index (κ1) is 15.0. The van der Waals surface area contributed by atoms with Gasteiger partial charge in [0.15, 0.2) is 0 Å². The molecular formula is C12H13BrF3NOS. The van der Waals surface area contributed by atoms with E-state index in [1.165, 1.54) is 0 Å². The van der Waals surface area contributed by atoms with E-state index in [0.29, 0.717) is 13.1 Å². The molecule has 19 heavy (non-hydrogen) atoms. The first-order valence-corrected chi connectivity index (χ1v) is 7.58. The van der Waals surface area contributed by atoms with Gasteiger partial charge in [0.2, 0.25) is 0 Å². The molecule has 1 atom stereocenters. The Morgan fingerprint density at radius 1 is 1.42 bits per heavy atom. The summed E-state index contributed by atoms with van der Waals surface area (Å²) in [7, 11) is 0. The van der Waals surface area contributed by atoms with Gasteiger partial charge >= 0.3 is 5.51 Å². The highest BCUT2D eigenvalue weighted by Crippen LogP contribution is 2.31. The standard InChI is InChI=1S/C12H13BrF3NOS/c13-9-1-2-11-8(5-9)6-10(18-11)7-17-3-4-19-12(14,15)16/h1-2,5,10,17H,3-4,6-7H2. The second-order valence-electron chi connectivity index (χ2n) is 4.19. The van der Waals surface area contributed by atoms with Gasteiger partial charge in [-0.1, -0.05) is 15.9 Å². The molecule has 0 aromatic heterocycles. The number of hydrogen-bond donors (Lipinski definition) is 1. The smallest absolute Gasteiger partial charge is 0.441 e. The van der Waals surface area contributed by atoms with Crippen LogP contribution in [0.25, 0.3) is 0 Å². The molecule has 106 valence electrons. The van der Waals surface area contributed by atoms with Crippen molar-refractivity contribution in [2.24, 2.45) is 0 Å². The van der Waals surface area contributed by atoms with E-state index < -0.39 is 5.51 Å². The first-order valence-electron chi connectivity index (χ1n) is 5.80. The lowest BCUT2D eigenvalue weighted by Crippen LogP contribution is -2.31. The molecule has 1 aromatic carbocycles. The van der Waals surface area contributed by atoms with Gasteiger partial charge in [-0.2, -0.15) is 13.2 Å². The molecule has 0 saturated carbocycles. The summed E-state index contributed by atoms with van der Waals surface area (Å²) in [5.74, 6) is 0.883. The van der Waals surface area contributed by atoms with Gasteiger partial charge in [-0.05, 0) is 35.5 Å². The molecule has 0 amide bonds. The summed E-state index contributed by atoms with van der Waals surface area (Å²) in [5.41, 5.74) is -3.01. The van der Waals surface area contributed by atoms with Gasteiger partial charge in [0.25, 0.3) is 0 Å². The van der Waals surface area contributed by atoms with E-state index in [1.807, 2.05) is 18.2 Å². The topological polar surface area (TPSA) is 21.3 Å². The molecule has 0 spiro atoms. The van der Waals surface area contributed by atoms with Gasteiger partial charge in [0, 0.05) is 29.7 Å². The quantitative estimate of drug-likeness (QED) is 0.815. The molecule has 1 N–H and O–H groups in total. The van der Waals surface area contributed by atoms with E-state index in [-0.39, 0.29) is 23.6 Å². The van der Waals surface area contributed by atoms with Crippen molar-refractivity contribution in [2.75, 3.05) is 18.8 Å². The van der Waals surface area contributed by atoms with Crippen molar-refractivity contribution in [3.8, 4) is 5.75 Å². The van der Waals surface area contributed by atoms with Crippen molar-refractivity contribution in [3.63, 3.8) is 0 Å². The van der Waals surface area contributed by atoms with Crippen LogP contribution in [0.4, 0.5) is 13.2 Å². The van der Waals surface area contributed by atoms with Crippen LogP contribution in [0.2, 0.25) is 0 Å². The first-order chi connectivity index (χ1) is 8.94. The van der Waals surface area contributed by atoms with Crippen molar-refractivity contribution in [3.05, 3.63) is 28.2 Å². The van der Waals surface area contributed by atoms with E-state index in [2.05, 4.69) is 21.2 Å². The molecule has 1 aromatic rings. The molecule has 1 heterocycles. The van der Waals surface area contributed by atoms with Crippen LogP contribution in [0.5, 0.6) is 5.75 Å². The van der Waals surface area contributed by atoms with Crippen LogP contribution in [0.1, 0.15) is 5.56 Å². The highest BCUT2D eigenvalue weighted by Gasteiger charge is 2.27. The van der Waals surface area contributed by atoms with Crippen LogP contribution >= 0.6 is 27.7 Å². The number of thioether (sulfide) groups is 1. The Kier molecular flexibility index (Phi) is 5.03. The molecule has 0 bridgehead atoms. The highest BCUT2D eigenvalue weighted by molar-refractivity contribution is 9.10. The Labute approximate surface area is 122 Å². The van der Waals surface area contributed by atoms with Crippen LogP contribution in [-0.4, -0.2) is 30.5 Å². The Morgan fingerprint density at radius 3 is 2.95 bits per heavy atom. The third-order valence-corrected chi connectivity index (χ3v) is 3.91. The minimum absolute atomic E-state index is 0.000173. The Bertz CT molecular complexity index is 441. The number of fused-ring (bicyclic) bond motifs is 1.